The number of methoxy groups -OCH3 is 1. The number of carbonyl (C=O) groups is 3. The summed E-state index contributed by atoms with van der Waals surface area (Å²) in [5.41, 5.74) is 4.89. The smallest absolute Gasteiger partial charge is 0.326 e. The Balaban J connectivity index is 1.57. The molecule has 0 aliphatic carbocycles. The fourth-order valence-corrected chi connectivity index (χ4v) is 3.99. The summed E-state index contributed by atoms with van der Waals surface area (Å²) in [5, 5.41) is 11.8. The molecule has 1 atom stereocenters. The van der Waals surface area contributed by atoms with Crippen LogP contribution >= 0.6 is 0 Å². The second kappa shape index (κ2) is 12.7. The number of benzene rings is 3. The van der Waals surface area contributed by atoms with Gasteiger partial charge in [-0.2, -0.15) is 0 Å². The number of aliphatic carboxylic acids is 1. The van der Waals surface area contributed by atoms with Crippen LogP contribution in [-0.4, -0.2) is 44.2 Å². The van der Waals surface area contributed by atoms with Gasteiger partial charge in [0.05, 0.1) is 12.5 Å². The monoisotopic (exact) mass is 503 g/mol. The third-order valence-corrected chi connectivity index (χ3v) is 6.27. The molecule has 0 aliphatic heterocycles. The minimum atomic E-state index is -0.867. The zero-order valence-electron chi connectivity index (χ0n) is 21.6. The van der Waals surface area contributed by atoms with E-state index in [4.69, 9.17) is 9.84 Å². The lowest BCUT2D eigenvalue weighted by atomic mass is 10.0. The number of carboxylic acids is 1. The number of aryl methyl sites for hydroxylation is 1. The standard InChI is InChI=1S/C29H33N3O5/c1-20-7-5-6-8-25(20)32(3)29(36)30-23-13-9-21(10-14-23)19-27(33)31(2)24-15-11-22(12-16-24)26(37-4)17-18-28(34)35/h5-16,26H,17-19H2,1-4H3,(H,30,36)(H,34,35). The Kier molecular flexibility index (Phi) is 9.40. The number of ether oxygens (including phenoxy) is 1. The molecule has 3 amide bonds. The number of rotatable bonds is 10. The first kappa shape index (κ1) is 27.4. The normalized spacial score (nSPS) is 11.5. The van der Waals surface area contributed by atoms with Crippen LogP contribution in [0, 0.1) is 6.92 Å². The van der Waals surface area contributed by atoms with Crippen molar-refractivity contribution in [3.8, 4) is 0 Å². The maximum absolute atomic E-state index is 12.9. The molecule has 3 aromatic rings. The van der Waals surface area contributed by atoms with E-state index < -0.39 is 5.97 Å². The summed E-state index contributed by atoms with van der Waals surface area (Å²) in [6, 6.07) is 22.0. The van der Waals surface area contributed by atoms with Gasteiger partial charge in [-0.25, -0.2) is 4.79 Å². The highest BCUT2D eigenvalue weighted by Gasteiger charge is 2.16. The first-order valence-electron chi connectivity index (χ1n) is 12.0. The van der Waals surface area contributed by atoms with E-state index in [1.165, 1.54) is 0 Å². The molecule has 0 saturated heterocycles. The number of urea groups is 1. The Hall–Kier alpha value is -4.17. The molecule has 0 saturated carbocycles. The summed E-state index contributed by atoms with van der Waals surface area (Å²) in [6.45, 7) is 1.95. The summed E-state index contributed by atoms with van der Waals surface area (Å²) in [5.74, 6) is -0.952. The number of nitrogens with one attached hydrogen (secondary N) is 1. The van der Waals surface area contributed by atoms with Crippen molar-refractivity contribution in [1.29, 1.82) is 0 Å². The lowest BCUT2D eigenvalue weighted by Gasteiger charge is -2.20. The van der Waals surface area contributed by atoms with E-state index in [1.54, 1.807) is 43.1 Å². The summed E-state index contributed by atoms with van der Waals surface area (Å²) in [4.78, 5) is 39.5. The molecule has 3 aromatic carbocycles. The van der Waals surface area contributed by atoms with Gasteiger partial charge in [0.25, 0.3) is 0 Å². The van der Waals surface area contributed by atoms with Crippen LogP contribution < -0.4 is 15.1 Å². The predicted molar refractivity (Wildman–Crippen MR) is 145 cm³/mol. The molecule has 0 fully saturated rings. The summed E-state index contributed by atoms with van der Waals surface area (Å²) >= 11 is 0. The predicted octanol–water partition coefficient (Wildman–Crippen LogP) is 5.42. The van der Waals surface area contributed by atoms with Crippen LogP contribution in [0.2, 0.25) is 0 Å². The SMILES string of the molecule is COC(CCC(=O)O)c1ccc(N(C)C(=O)Cc2ccc(NC(=O)N(C)c3ccccc3C)cc2)cc1. The van der Waals surface area contributed by atoms with Gasteiger partial charge in [0.1, 0.15) is 0 Å². The van der Waals surface area contributed by atoms with E-state index in [9.17, 15) is 14.4 Å². The molecular formula is C29H33N3O5. The van der Waals surface area contributed by atoms with Crippen molar-refractivity contribution in [3.05, 3.63) is 89.5 Å². The van der Waals surface area contributed by atoms with Crippen LogP contribution in [-0.2, 0) is 20.7 Å². The Morgan fingerprint density at radius 3 is 2.16 bits per heavy atom. The van der Waals surface area contributed by atoms with Crippen molar-refractivity contribution < 1.29 is 24.2 Å². The maximum Gasteiger partial charge on any atom is 0.326 e. The zero-order chi connectivity index (χ0) is 26.9. The summed E-state index contributed by atoms with van der Waals surface area (Å²) < 4.78 is 5.42. The van der Waals surface area contributed by atoms with Crippen molar-refractivity contribution in [2.24, 2.45) is 0 Å². The number of anilines is 3. The van der Waals surface area contributed by atoms with Crippen molar-refractivity contribution in [1.82, 2.24) is 0 Å². The number of nitrogens with zero attached hydrogens (tertiary/aromatic N) is 2. The molecule has 8 heteroatoms. The Labute approximate surface area is 217 Å². The van der Waals surface area contributed by atoms with Gasteiger partial charge in [0.2, 0.25) is 5.91 Å². The molecule has 1 unspecified atom stereocenters. The van der Waals surface area contributed by atoms with E-state index in [0.717, 1.165) is 28.1 Å². The van der Waals surface area contributed by atoms with Crippen LogP contribution in [0.1, 0.15) is 35.6 Å². The van der Waals surface area contributed by atoms with Crippen LogP contribution in [0.5, 0.6) is 0 Å². The van der Waals surface area contributed by atoms with Gasteiger partial charge in [0.15, 0.2) is 0 Å². The molecule has 2 N–H and O–H groups in total. The van der Waals surface area contributed by atoms with Crippen LogP contribution in [0.4, 0.5) is 21.9 Å². The fourth-order valence-electron chi connectivity index (χ4n) is 3.99. The summed E-state index contributed by atoms with van der Waals surface area (Å²) in [7, 11) is 4.99. The number of amides is 3. The van der Waals surface area contributed by atoms with Crippen LogP contribution in [0.15, 0.2) is 72.8 Å². The number of likely N-dealkylation sites (N-methyl/N-ethyl adjacent to an activating group) is 1. The van der Waals surface area contributed by atoms with Gasteiger partial charge in [-0.05, 0) is 60.4 Å². The first-order chi connectivity index (χ1) is 17.7. The topological polar surface area (TPSA) is 99.2 Å². The van der Waals surface area contributed by atoms with E-state index in [1.807, 2.05) is 67.6 Å². The van der Waals surface area contributed by atoms with Crippen molar-refractivity contribution in [2.75, 3.05) is 36.3 Å². The average Bonchev–Trinajstić information content (AvgIpc) is 2.89. The molecule has 0 spiro atoms. The van der Waals surface area contributed by atoms with Gasteiger partial charge >= 0.3 is 12.0 Å². The van der Waals surface area contributed by atoms with Gasteiger partial charge in [-0.15, -0.1) is 0 Å². The third kappa shape index (κ3) is 7.41. The summed E-state index contributed by atoms with van der Waals surface area (Å²) in [6.07, 6.45) is 0.277. The number of carboxylic acid groups (broad SMARTS) is 1. The average molecular weight is 504 g/mol. The molecule has 0 aromatic heterocycles. The van der Waals surface area contributed by atoms with Crippen molar-refractivity contribution in [3.63, 3.8) is 0 Å². The quantitative estimate of drug-likeness (QED) is 0.385. The molecule has 0 aliphatic rings. The zero-order valence-corrected chi connectivity index (χ0v) is 21.6. The molecule has 37 heavy (non-hydrogen) atoms. The number of carbonyl (C=O) groups excluding carboxylic acids is 2. The van der Waals surface area contributed by atoms with Crippen molar-refractivity contribution in [2.45, 2.75) is 32.3 Å². The molecular weight excluding hydrogens is 470 g/mol. The molecule has 194 valence electrons. The molecule has 8 nitrogen and oxygen atoms in total. The largest absolute Gasteiger partial charge is 0.481 e. The molecule has 0 heterocycles. The lowest BCUT2D eigenvalue weighted by Crippen LogP contribution is -2.31. The van der Waals surface area contributed by atoms with Gasteiger partial charge in [-0.1, -0.05) is 42.5 Å². The molecule has 0 bridgehead atoms. The second-order valence-electron chi connectivity index (χ2n) is 8.85. The van der Waals surface area contributed by atoms with Gasteiger partial charge in [-0.3, -0.25) is 14.5 Å². The fraction of sp³-hybridized carbons (Fsp3) is 0.276. The highest BCUT2D eigenvalue weighted by Crippen LogP contribution is 2.25. The number of hydrogen-bond donors (Lipinski definition) is 2. The molecule has 3 rings (SSSR count). The minimum Gasteiger partial charge on any atom is -0.481 e. The molecule has 0 radical (unpaired) electrons. The van der Waals surface area contributed by atoms with E-state index in [0.29, 0.717) is 12.1 Å². The van der Waals surface area contributed by atoms with Crippen LogP contribution in [0.25, 0.3) is 0 Å². The van der Waals surface area contributed by atoms with Crippen molar-refractivity contribution >= 4 is 35.0 Å². The Morgan fingerprint density at radius 1 is 0.919 bits per heavy atom. The van der Waals surface area contributed by atoms with E-state index in [-0.39, 0.29) is 30.9 Å². The Bertz CT molecular complexity index is 1230. The number of para-hydroxylation sites is 1. The van der Waals surface area contributed by atoms with Gasteiger partial charge in [0, 0.05) is 44.7 Å². The maximum atomic E-state index is 12.9. The third-order valence-electron chi connectivity index (χ3n) is 6.27. The van der Waals surface area contributed by atoms with Crippen LogP contribution in [0.3, 0.4) is 0 Å². The van der Waals surface area contributed by atoms with Gasteiger partial charge < -0.3 is 20.1 Å². The van der Waals surface area contributed by atoms with E-state index >= 15 is 0 Å². The van der Waals surface area contributed by atoms with E-state index in [2.05, 4.69) is 5.32 Å². The highest BCUT2D eigenvalue weighted by molar-refractivity contribution is 6.01. The highest BCUT2D eigenvalue weighted by atomic mass is 16.5. The lowest BCUT2D eigenvalue weighted by molar-refractivity contribution is -0.137. The minimum absolute atomic E-state index is 0.0184. The number of hydrogen-bond acceptors (Lipinski definition) is 4. The Morgan fingerprint density at radius 2 is 1.57 bits per heavy atom. The first-order valence-corrected chi connectivity index (χ1v) is 12.0. The second-order valence-corrected chi connectivity index (χ2v) is 8.85.